The van der Waals surface area contributed by atoms with Gasteiger partial charge in [-0.2, -0.15) is 0 Å². The second kappa shape index (κ2) is 18.8. The fourth-order valence-corrected chi connectivity index (χ4v) is 13.3. The van der Waals surface area contributed by atoms with E-state index in [4.69, 9.17) is 0 Å². The first-order valence-corrected chi connectivity index (χ1v) is 27.4. The summed E-state index contributed by atoms with van der Waals surface area (Å²) >= 11 is 0. The average Bonchev–Trinajstić information content (AvgIpc) is 4.33. The normalized spacial score (nSPS) is 12.5. The summed E-state index contributed by atoms with van der Waals surface area (Å²) in [5.41, 5.74) is 35.0. The number of hydrogen-bond donors (Lipinski definition) is 0. The maximum Gasteiger partial charge on any atom is -0.000456 e. The van der Waals surface area contributed by atoms with Crippen LogP contribution in [-0.4, -0.2) is 0 Å². The minimum absolute atomic E-state index is 1.08. The van der Waals surface area contributed by atoms with Gasteiger partial charge in [-0.3, -0.25) is 0 Å². The molecule has 12 aromatic rings. The van der Waals surface area contributed by atoms with E-state index in [2.05, 4.69) is 250 Å². The van der Waals surface area contributed by atoms with Crippen LogP contribution >= 0.6 is 0 Å². The quantitative estimate of drug-likeness (QED) is 0.142. The fraction of sp³-hybridized carbons (Fsp3) is 0.158. The summed E-state index contributed by atoms with van der Waals surface area (Å²) < 4.78 is 0. The highest BCUT2D eigenvalue weighted by Gasteiger charge is 2.26. The number of rotatable bonds is 0. The van der Waals surface area contributed by atoms with Crippen molar-refractivity contribution in [1.82, 2.24) is 0 Å². The zero-order valence-corrected chi connectivity index (χ0v) is 45.3. The van der Waals surface area contributed by atoms with E-state index in [0.717, 1.165) is 25.7 Å². The molecule has 76 heavy (non-hydrogen) atoms. The van der Waals surface area contributed by atoms with Gasteiger partial charge in [0.15, 0.2) is 0 Å². The molecule has 0 nitrogen and oxygen atoms in total. The molecule has 0 saturated heterocycles. The van der Waals surface area contributed by atoms with Gasteiger partial charge in [-0.05, 0) is 264 Å². The molecule has 0 bridgehead atoms. The fourth-order valence-electron chi connectivity index (χ4n) is 13.3. The second-order valence-corrected chi connectivity index (χ2v) is 22.1. The van der Waals surface area contributed by atoms with Crippen LogP contribution < -0.4 is 0 Å². The van der Waals surface area contributed by atoms with Crippen molar-refractivity contribution < 1.29 is 0 Å². The summed E-state index contributed by atoms with van der Waals surface area (Å²) in [4.78, 5) is 0. The molecule has 4 aliphatic carbocycles. The summed E-state index contributed by atoms with van der Waals surface area (Å²) in [6.45, 7) is 17.9. The summed E-state index contributed by atoms with van der Waals surface area (Å²) in [6.07, 6.45) is 4.34. The van der Waals surface area contributed by atoms with Gasteiger partial charge in [0.25, 0.3) is 0 Å². The van der Waals surface area contributed by atoms with Crippen LogP contribution in [0.2, 0.25) is 0 Å². The lowest BCUT2D eigenvalue weighted by Crippen LogP contribution is -1.93. The van der Waals surface area contributed by atoms with Gasteiger partial charge in [0.1, 0.15) is 0 Å². The summed E-state index contributed by atoms with van der Waals surface area (Å²) in [6, 6.07) is 71.1. The van der Waals surface area contributed by atoms with E-state index < -0.39 is 0 Å². The van der Waals surface area contributed by atoms with E-state index in [-0.39, 0.29) is 0 Å². The van der Waals surface area contributed by atoms with Gasteiger partial charge in [0.05, 0.1) is 0 Å². The van der Waals surface area contributed by atoms with Crippen molar-refractivity contribution in [1.29, 1.82) is 0 Å². The molecule has 368 valence electrons. The molecule has 4 aliphatic rings. The van der Waals surface area contributed by atoms with Gasteiger partial charge in [0.2, 0.25) is 0 Å². The predicted molar refractivity (Wildman–Crippen MR) is 327 cm³/mol. The van der Waals surface area contributed by atoms with Gasteiger partial charge in [-0.15, -0.1) is 0 Å². The van der Waals surface area contributed by atoms with E-state index in [1.54, 1.807) is 0 Å². The van der Waals surface area contributed by atoms with Gasteiger partial charge >= 0.3 is 0 Å². The first kappa shape index (κ1) is 47.4. The van der Waals surface area contributed by atoms with Crippen molar-refractivity contribution >= 4 is 43.1 Å². The third kappa shape index (κ3) is 7.80. The van der Waals surface area contributed by atoms with Crippen LogP contribution in [0, 0.1) is 55.4 Å². The van der Waals surface area contributed by atoms with Gasteiger partial charge in [0, 0.05) is 0 Å². The molecule has 0 aliphatic heterocycles. The Morgan fingerprint density at radius 1 is 0.224 bits per heavy atom. The molecule has 0 radical (unpaired) electrons. The zero-order valence-electron chi connectivity index (χ0n) is 45.3. The van der Waals surface area contributed by atoms with E-state index in [9.17, 15) is 0 Å². The molecule has 0 unspecified atom stereocenters. The Morgan fingerprint density at radius 3 is 1.38 bits per heavy atom. The van der Waals surface area contributed by atoms with Crippen molar-refractivity contribution in [3.05, 3.63) is 283 Å². The molecule has 0 atom stereocenters. The van der Waals surface area contributed by atoms with Crippen LogP contribution in [0.3, 0.4) is 0 Å². The number of fused-ring (bicyclic) bond motifs is 19. The highest BCUT2D eigenvalue weighted by molar-refractivity contribution is 6.04. The molecule has 0 spiro atoms. The maximum atomic E-state index is 2.36. The molecule has 0 saturated carbocycles. The van der Waals surface area contributed by atoms with Crippen LogP contribution in [0.5, 0.6) is 0 Å². The summed E-state index contributed by atoms with van der Waals surface area (Å²) in [5.74, 6) is 0. The summed E-state index contributed by atoms with van der Waals surface area (Å²) in [7, 11) is 0. The number of hydrogen-bond acceptors (Lipinski definition) is 0. The highest BCUT2D eigenvalue weighted by atomic mass is 14.3. The van der Waals surface area contributed by atoms with Crippen molar-refractivity contribution in [3.8, 4) is 44.5 Å². The standard InChI is InChI=1S/4C19H16/c1-12-13(2)18-11-14-7-3-4-9-16(14)19(18)17-10-6-5-8-15(12)17;1-12-7-10-17-18(13(12)2)11-15-9-8-14-5-3-4-6-16(14)19(15)17;1-12-7-9-16-17-10-8-14-5-3-4-6-15(14)19(17)11-18(16)13(12)2;1-12-7-8-17-18(13(12)2)11-16-9-14-5-3-4-6-15(14)10-19(16)17/h4*3-10H,11H2,1-2H3. The van der Waals surface area contributed by atoms with E-state index in [1.165, 1.54) is 177 Å². The summed E-state index contributed by atoms with van der Waals surface area (Å²) in [5, 5.41) is 11.0. The number of aryl methyl sites for hydroxylation is 4. The lowest BCUT2D eigenvalue weighted by atomic mass is 9.90. The van der Waals surface area contributed by atoms with Crippen molar-refractivity contribution in [2.45, 2.75) is 81.1 Å². The highest BCUT2D eigenvalue weighted by Crippen LogP contribution is 2.47. The van der Waals surface area contributed by atoms with E-state index in [1.807, 2.05) is 0 Å². The molecular weight excluding hydrogens is 913 g/mol. The molecule has 0 amide bonds. The largest absolute Gasteiger partial charge is 0.0619 e. The van der Waals surface area contributed by atoms with E-state index in [0.29, 0.717) is 0 Å². The van der Waals surface area contributed by atoms with Crippen LogP contribution in [0.15, 0.2) is 194 Å². The third-order valence-corrected chi connectivity index (χ3v) is 18.1. The first-order chi connectivity index (χ1) is 37.0. The average molecular weight is 977 g/mol. The van der Waals surface area contributed by atoms with Crippen LogP contribution in [0.25, 0.3) is 87.6 Å². The Morgan fingerprint density at radius 2 is 0.684 bits per heavy atom. The van der Waals surface area contributed by atoms with Gasteiger partial charge < -0.3 is 0 Å². The maximum absolute atomic E-state index is 2.36. The molecule has 0 aromatic heterocycles. The van der Waals surface area contributed by atoms with Crippen LogP contribution in [-0.2, 0) is 25.7 Å². The Balaban J connectivity index is 0.0000000970. The van der Waals surface area contributed by atoms with Crippen LogP contribution in [0.1, 0.15) is 89.0 Å². The minimum atomic E-state index is 1.08. The first-order valence-electron chi connectivity index (χ1n) is 27.4. The zero-order chi connectivity index (χ0) is 51.9. The lowest BCUT2D eigenvalue weighted by molar-refractivity contribution is 1.19. The van der Waals surface area contributed by atoms with Crippen LogP contribution in [0.4, 0.5) is 0 Å². The molecule has 12 aromatic carbocycles. The SMILES string of the molecule is Cc1c2c(c3ccccc3c1C)-c1ccccc1C2.Cc1ccc2c(c1C)Cc1c-2ccc2ccccc12.Cc1ccc2c(c1C)Cc1cc3ccccc3cc1-2.Cc1ccc2c(c1C)Cc1ccc3ccccc3c1-2. The van der Waals surface area contributed by atoms with Crippen molar-refractivity contribution in [2.75, 3.05) is 0 Å². The smallest absolute Gasteiger partial charge is 0.000456 e. The van der Waals surface area contributed by atoms with E-state index >= 15 is 0 Å². The molecule has 0 N–H and O–H groups in total. The van der Waals surface area contributed by atoms with Gasteiger partial charge in [-0.25, -0.2) is 0 Å². The minimum Gasteiger partial charge on any atom is -0.0619 e. The Bertz CT molecular complexity index is 4340. The molecular formula is C76H64. The topological polar surface area (TPSA) is 0 Å². The predicted octanol–water partition coefficient (Wildman–Crippen LogP) is 20.1. The molecule has 0 fully saturated rings. The van der Waals surface area contributed by atoms with Crippen molar-refractivity contribution in [3.63, 3.8) is 0 Å². The molecule has 0 heterocycles. The molecule has 16 rings (SSSR count). The Labute approximate surface area is 449 Å². The Hall–Kier alpha value is -8.32. The lowest BCUT2D eigenvalue weighted by Gasteiger charge is -2.13. The van der Waals surface area contributed by atoms with Gasteiger partial charge in [-0.1, -0.05) is 188 Å². The third-order valence-electron chi connectivity index (χ3n) is 18.1. The monoisotopic (exact) mass is 977 g/mol. The second-order valence-electron chi connectivity index (χ2n) is 22.1. The number of benzene rings is 12. The van der Waals surface area contributed by atoms with Crippen molar-refractivity contribution in [2.24, 2.45) is 0 Å². The molecule has 0 heteroatoms. The Kier molecular flexibility index (Phi) is 11.7.